The second kappa shape index (κ2) is 9.65. The van der Waals surface area contributed by atoms with E-state index in [1.54, 1.807) is 18.2 Å². The number of nitrogens with two attached hydrogens (primary N) is 1. The first-order chi connectivity index (χ1) is 16.0. The lowest BCUT2D eigenvalue weighted by Gasteiger charge is -2.17. The molecule has 4 rings (SSSR count). The first kappa shape index (κ1) is 24.9. The Hall–Kier alpha value is -3.70. The Labute approximate surface area is 197 Å². The normalized spacial score (nSPS) is 12.7. The quantitative estimate of drug-likeness (QED) is 0.320. The van der Waals surface area contributed by atoms with Gasteiger partial charge in [0.2, 0.25) is 0 Å². The molecular formula is C22H17ClF2N2O6S. The Kier molecular flexibility index (Phi) is 7.08. The third-order valence-corrected chi connectivity index (χ3v) is 6.08. The van der Waals surface area contributed by atoms with E-state index in [-0.39, 0.29) is 22.6 Å². The number of anilines is 2. The summed E-state index contributed by atoms with van der Waals surface area (Å²) in [4.78, 5) is 24.8. The number of imide groups is 1. The van der Waals surface area contributed by atoms with Crippen LogP contribution in [-0.2, 0) is 9.05 Å². The molecule has 34 heavy (non-hydrogen) atoms. The van der Waals surface area contributed by atoms with Gasteiger partial charge in [-0.15, -0.1) is 0 Å². The summed E-state index contributed by atoms with van der Waals surface area (Å²) in [6, 6.07) is 11.9. The summed E-state index contributed by atoms with van der Waals surface area (Å²) in [7, 11) is 3.65. The number of benzene rings is 3. The average Bonchev–Trinajstić information content (AvgIpc) is 3.05. The second-order valence-electron chi connectivity index (χ2n) is 6.77. The minimum atomic E-state index is -4.29. The lowest BCUT2D eigenvalue weighted by atomic mass is 10.1. The molecule has 3 aromatic carbocycles. The largest absolute Gasteiger partial charge is 0.497 e. The number of amides is 2. The maximum atomic E-state index is 14.4. The van der Waals surface area contributed by atoms with Crippen molar-refractivity contribution in [3.8, 4) is 11.5 Å². The van der Waals surface area contributed by atoms with Crippen molar-refractivity contribution < 1.29 is 36.3 Å². The highest BCUT2D eigenvalue weighted by molar-refractivity contribution is 8.13. The second-order valence-corrected chi connectivity index (χ2v) is 9.31. The molecule has 0 fully saturated rings. The predicted molar refractivity (Wildman–Crippen MR) is 121 cm³/mol. The molecule has 0 aromatic heterocycles. The van der Waals surface area contributed by atoms with Gasteiger partial charge in [0, 0.05) is 22.8 Å². The summed E-state index contributed by atoms with van der Waals surface area (Å²) >= 11 is 0. The van der Waals surface area contributed by atoms with Crippen LogP contribution in [0.25, 0.3) is 0 Å². The van der Waals surface area contributed by atoms with Gasteiger partial charge < -0.3 is 15.2 Å². The number of rotatable bonds is 4. The van der Waals surface area contributed by atoms with Crippen molar-refractivity contribution in [2.75, 3.05) is 24.9 Å². The maximum Gasteiger partial charge on any atom is 0.266 e. The van der Waals surface area contributed by atoms with Crippen LogP contribution in [0.15, 0.2) is 59.5 Å². The number of carbonyl (C=O) groups excluding carboxylic acids is 2. The number of ether oxygens (including phenoxy) is 2. The summed E-state index contributed by atoms with van der Waals surface area (Å²) in [6.07, 6.45) is 0. The molecule has 2 N–H and O–H groups in total. The van der Waals surface area contributed by atoms with Gasteiger partial charge in [0.15, 0.2) is 5.82 Å². The summed E-state index contributed by atoms with van der Waals surface area (Å²) in [5.41, 5.74) is 5.05. The van der Waals surface area contributed by atoms with E-state index in [9.17, 15) is 26.8 Å². The predicted octanol–water partition coefficient (Wildman–Crippen LogP) is 3.98. The molecule has 0 saturated heterocycles. The SMILES string of the molecule is COc1cc(F)c(N2C(=O)c3ccccc3C2=O)cc1S(=O)(=O)Cl.COc1ccc(N)c(F)c1. The first-order valence-electron chi connectivity index (χ1n) is 9.38. The van der Waals surface area contributed by atoms with E-state index in [1.165, 1.54) is 31.4 Å². The van der Waals surface area contributed by atoms with Gasteiger partial charge in [0.05, 0.1) is 36.7 Å². The molecule has 178 valence electrons. The van der Waals surface area contributed by atoms with Crippen LogP contribution in [-0.4, -0.2) is 34.5 Å². The lowest BCUT2D eigenvalue weighted by Crippen LogP contribution is -2.30. The molecule has 1 aliphatic rings. The van der Waals surface area contributed by atoms with Crippen LogP contribution in [0, 0.1) is 11.6 Å². The fourth-order valence-electron chi connectivity index (χ4n) is 3.09. The fourth-order valence-corrected chi connectivity index (χ4v) is 4.09. The summed E-state index contributed by atoms with van der Waals surface area (Å²) < 4.78 is 59.8. The van der Waals surface area contributed by atoms with Gasteiger partial charge in [-0.25, -0.2) is 22.1 Å². The molecule has 8 nitrogen and oxygen atoms in total. The van der Waals surface area contributed by atoms with Crippen molar-refractivity contribution in [1.82, 2.24) is 0 Å². The number of hydrogen-bond donors (Lipinski definition) is 1. The van der Waals surface area contributed by atoms with E-state index < -0.39 is 43.1 Å². The van der Waals surface area contributed by atoms with E-state index in [2.05, 4.69) is 0 Å². The Morgan fingerprint density at radius 3 is 1.94 bits per heavy atom. The standard InChI is InChI=1S/C15H9ClFNO5S.C7H8FNO/c1-23-12-6-10(17)11(7-13(12)24(16,21)22)18-14(19)8-4-2-3-5-9(8)15(18)20;1-10-5-2-3-7(9)6(8)4-5/h2-7H,1H3;2-4H,9H2,1H3. The van der Waals surface area contributed by atoms with Crippen molar-refractivity contribution in [2.45, 2.75) is 4.90 Å². The van der Waals surface area contributed by atoms with Gasteiger partial charge in [-0.1, -0.05) is 12.1 Å². The molecule has 0 radical (unpaired) electrons. The number of nitrogen functional groups attached to an aromatic ring is 1. The van der Waals surface area contributed by atoms with Crippen LogP contribution < -0.4 is 20.1 Å². The van der Waals surface area contributed by atoms with Crippen LogP contribution in [0.3, 0.4) is 0 Å². The highest BCUT2D eigenvalue weighted by Gasteiger charge is 2.38. The third kappa shape index (κ3) is 4.80. The minimum Gasteiger partial charge on any atom is -0.497 e. The van der Waals surface area contributed by atoms with Crippen molar-refractivity contribution in [3.05, 3.63) is 77.4 Å². The molecule has 0 atom stereocenters. The van der Waals surface area contributed by atoms with Gasteiger partial charge in [0.1, 0.15) is 22.2 Å². The molecule has 3 aromatic rings. The molecule has 0 aliphatic carbocycles. The highest BCUT2D eigenvalue weighted by atomic mass is 35.7. The number of fused-ring (bicyclic) bond motifs is 1. The molecule has 1 aliphatic heterocycles. The van der Waals surface area contributed by atoms with Gasteiger partial charge >= 0.3 is 0 Å². The summed E-state index contributed by atoms with van der Waals surface area (Å²) in [5, 5.41) is 0. The molecule has 12 heteroatoms. The van der Waals surface area contributed by atoms with Crippen molar-refractivity contribution in [2.24, 2.45) is 0 Å². The summed E-state index contributed by atoms with van der Waals surface area (Å²) in [5.74, 6) is -2.80. The van der Waals surface area contributed by atoms with E-state index in [0.29, 0.717) is 10.6 Å². The lowest BCUT2D eigenvalue weighted by molar-refractivity contribution is 0.0924. The molecule has 2 amide bonds. The third-order valence-electron chi connectivity index (χ3n) is 4.74. The molecule has 1 heterocycles. The highest BCUT2D eigenvalue weighted by Crippen LogP contribution is 2.37. The van der Waals surface area contributed by atoms with Crippen LogP contribution in [0.1, 0.15) is 20.7 Å². The summed E-state index contributed by atoms with van der Waals surface area (Å²) in [6.45, 7) is 0. The number of methoxy groups -OCH3 is 2. The van der Waals surface area contributed by atoms with Gasteiger partial charge in [-0.3, -0.25) is 9.59 Å². The van der Waals surface area contributed by atoms with E-state index in [4.69, 9.17) is 25.9 Å². The van der Waals surface area contributed by atoms with Gasteiger partial charge in [-0.05, 0) is 30.3 Å². The number of hydrogen-bond acceptors (Lipinski definition) is 7. The molecule has 0 bridgehead atoms. The fraction of sp³-hybridized carbons (Fsp3) is 0.0909. The number of nitrogens with zero attached hydrogens (tertiary/aromatic N) is 1. The van der Waals surface area contributed by atoms with Crippen LogP contribution in [0.2, 0.25) is 0 Å². The maximum absolute atomic E-state index is 14.4. The van der Waals surface area contributed by atoms with Crippen molar-refractivity contribution in [1.29, 1.82) is 0 Å². The average molecular weight is 511 g/mol. The minimum absolute atomic E-state index is 0.105. The van der Waals surface area contributed by atoms with Gasteiger partial charge in [0.25, 0.3) is 20.9 Å². The van der Waals surface area contributed by atoms with E-state index in [1.807, 2.05) is 0 Å². The Morgan fingerprint density at radius 2 is 1.47 bits per heavy atom. The Morgan fingerprint density at radius 1 is 0.882 bits per heavy atom. The topological polar surface area (TPSA) is 116 Å². The Balaban J connectivity index is 0.000000271. The monoisotopic (exact) mass is 510 g/mol. The van der Waals surface area contributed by atoms with Gasteiger partial charge in [-0.2, -0.15) is 0 Å². The van der Waals surface area contributed by atoms with E-state index in [0.717, 1.165) is 19.2 Å². The zero-order chi connectivity index (χ0) is 25.2. The van der Waals surface area contributed by atoms with Crippen molar-refractivity contribution >= 4 is 42.9 Å². The smallest absolute Gasteiger partial charge is 0.266 e. The molecule has 0 unspecified atom stereocenters. The Bertz CT molecular complexity index is 1360. The molecule has 0 spiro atoms. The van der Waals surface area contributed by atoms with Crippen LogP contribution in [0.4, 0.5) is 20.2 Å². The number of carbonyl (C=O) groups is 2. The molecular weight excluding hydrogens is 494 g/mol. The zero-order valence-electron chi connectivity index (χ0n) is 17.7. The number of halogens is 3. The van der Waals surface area contributed by atoms with Crippen molar-refractivity contribution in [3.63, 3.8) is 0 Å². The van der Waals surface area contributed by atoms with Crippen LogP contribution in [0.5, 0.6) is 11.5 Å². The van der Waals surface area contributed by atoms with E-state index >= 15 is 0 Å². The zero-order valence-corrected chi connectivity index (χ0v) is 19.3. The molecule has 0 saturated carbocycles. The first-order valence-corrected chi connectivity index (χ1v) is 11.7. The van der Waals surface area contributed by atoms with Crippen LogP contribution >= 0.6 is 10.7 Å².